The van der Waals surface area contributed by atoms with Crippen molar-refractivity contribution in [2.24, 2.45) is 0 Å². The molecule has 7 nitrogen and oxygen atoms in total. The first-order valence-corrected chi connectivity index (χ1v) is 10.9. The van der Waals surface area contributed by atoms with Gasteiger partial charge in [-0.15, -0.1) is 0 Å². The van der Waals surface area contributed by atoms with Gasteiger partial charge in [-0.2, -0.15) is 0 Å². The average molecular weight is 438 g/mol. The van der Waals surface area contributed by atoms with Gasteiger partial charge in [0, 0.05) is 5.57 Å². The van der Waals surface area contributed by atoms with Crippen LogP contribution in [0, 0.1) is 0 Å². The van der Waals surface area contributed by atoms with E-state index in [1.54, 1.807) is 25.3 Å². The number of phosphoric ester groups is 1. The number of ether oxygens (including phenoxy) is 2. The standard InChI is InChI=1S/C23H19O7P/c1-28-17-9-7-16(8-10-17)23-20(13-15-5-3-2-4-6-15)22(24)19-14-18(30-31(25,26)27)11-12-21(19)29-23/h2-14,23H,1H3,(H2,25,26,27). The lowest BCUT2D eigenvalue weighted by Crippen LogP contribution is -2.23. The Kier molecular flexibility index (Phi) is 5.65. The van der Waals surface area contributed by atoms with Crippen molar-refractivity contribution in [3.8, 4) is 17.2 Å². The highest BCUT2D eigenvalue weighted by atomic mass is 31.2. The number of methoxy groups -OCH3 is 1. The molecule has 0 saturated heterocycles. The van der Waals surface area contributed by atoms with Gasteiger partial charge in [-0.05, 0) is 47.5 Å². The third kappa shape index (κ3) is 4.70. The van der Waals surface area contributed by atoms with Crippen LogP contribution in [0.3, 0.4) is 0 Å². The minimum absolute atomic E-state index is 0.119. The van der Waals surface area contributed by atoms with E-state index in [0.29, 0.717) is 17.1 Å². The number of carbonyl (C=O) groups excluding carboxylic acids is 1. The minimum Gasteiger partial charge on any atom is -0.497 e. The van der Waals surface area contributed by atoms with Crippen molar-refractivity contribution >= 4 is 19.7 Å². The maximum atomic E-state index is 13.4. The van der Waals surface area contributed by atoms with E-state index in [9.17, 15) is 9.36 Å². The molecule has 0 saturated carbocycles. The lowest BCUT2D eigenvalue weighted by molar-refractivity contribution is 0.0962. The summed E-state index contributed by atoms with van der Waals surface area (Å²) in [6, 6.07) is 20.7. The molecule has 0 aromatic heterocycles. The number of rotatable bonds is 5. The smallest absolute Gasteiger partial charge is 0.497 e. The topological polar surface area (TPSA) is 102 Å². The molecule has 3 aromatic rings. The summed E-state index contributed by atoms with van der Waals surface area (Å²) in [5.41, 5.74) is 2.13. The number of phosphoric acid groups is 1. The van der Waals surface area contributed by atoms with Gasteiger partial charge in [-0.25, -0.2) is 4.57 Å². The highest BCUT2D eigenvalue weighted by Gasteiger charge is 2.34. The van der Waals surface area contributed by atoms with Gasteiger partial charge in [-0.3, -0.25) is 14.6 Å². The average Bonchev–Trinajstić information content (AvgIpc) is 2.76. The zero-order valence-electron chi connectivity index (χ0n) is 16.5. The maximum Gasteiger partial charge on any atom is 0.524 e. The van der Waals surface area contributed by atoms with Gasteiger partial charge in [0.15, 0.2) is 11.9 Å². The molecule has 1 aliphatic rings. The molecule has 0 radical (unpaired) electrons. The Labute approximate surface area is 178 Å². The van der Waals surface area contributed by atoms with E-state index in [4.69, 9.17) is 19.3 Å². The number of carbonyl (C=O) groups is 1. The van der Waals surface area contributed by atoms with Gasteiger partial charge in [0.1, 0.15) is 17.2 Å². The summed E-state index contributed by atoms with van der Waals surface area (Å²) in [4.78, 5) is 31.6. The summed E-state index contributed by atoms with van der Waals surface area (Å²) >= 11 is 0. The van der Waals surface area contributed by atoms with Crippen molar-refractivity contribution in [2.45, 2.75) is 6.10 Å². The normalized spacial score (nSPS) is 17.1. The molecule has 1 heterocycles. The molecule has 0 spiro atoms. The van der Waals surface area contributed by atoms with Crippen LogP contribution in [0.4, 0.5) is 0 Å². The predicted molar refractivity (Wildman–Crippen MR) is 114 cm³/mol. The van der Waals surface area contributed by atoms with E-state index in [1.165, 1.54) is 18.2 Å². The molecule has 8 heteroatoms. The molecule has 1 unspecified atom stereocenters. The van der Waals surface area contributed by atoms with Crippen molar-refractivity contribution in [2.75, 3.05) is 7.11 Å². The lowest BCUT2D eigenvalue weighted by Gasteiger charge is -2.28. The largest absolute Gasteiger partial charge is 0.524 e. The fourth-order valence-corrected chi connectivity index (χ4v) is 3.73. The van der Waals surface area contributed by atoms with E-state index >= 15 is 0 Å². The SMILES string of the molecule is COc1ccc(C2Oc3ccc(OP(=O)(O)O)cc3C(=O)C2=Cc2ccccc2)cc1. The molecule has 1 atom stereocenters. The fraction of sp³-hybridized carbons (Fsp3) is 0.0870. The van der Waals surface area contributed by atoms with Crippen LogP contribution in [0.25, 0.3) is 6.08 Å². The van der Waals surface area contributed by atoms with Crippen LogP contribution in [0.5, 0.6) is 17.2 Å². The molecule has 2 N–H and O–H groups in total. The molecule has 0 fully saturated rings. The Morgan fingerprint density at radius 3 is 2.29 bits per heavy atom. The number of ketones is 1. The zero-order chi connectivity index (χ0) is 22.0. The van der Waals surface area contributed by atoms with Gasteiger partial charge in [0.05, 0.1) is 12.7 Å². The van der Waals surface area contributed by atoms with Crippen LogP contribution in [-0.4, -0.2) is 22.7 Å². The summed E-state index contributed by atoms with van der Waals surface area (Å²) in [5, 5.41) is 0. The van der Waals surface area contributed by atoms with Gasteiger partial charge >= 0.3 is 7.82 Å². The van der Waals surface area contributed by atoms with Crippen LogP contribution in [0.1, 0.15) is 27.6 Å². The van der Waals surface area contributed by atoms with Crippen molar-refractivity contribution < 1.29 is 33.1 Å². The Morgan fingerprint density at radius 1 is 0.968 bits per heavy atom. The summed E-state index contributed by atoms with van der Waals surface area (Å²) in [7, 11) is -3.19. The predicted octanol–water partition coefficient (Wildman–Crippen LogP) is 4.57. The second-order valence-corrected chi connectivity index (χ2v) is 8.01. The Hall–Kier alpha value is -3.38. The molecule has 158 valence electrons. The number of benzene rings is 3. The number of fused-ring (bicyclic) bond motifs is 1. The van der Waals surface area contributed by atoms with E-state index in [0.717, 1.165) is 11.1 Å². The van der Waals surface area contributed by atoms with Crippen LogP contribution >= 0.6 is 7.82 Å². The van der Waals surface area contributed by atoms with E-state index in [2.05, 4.69) is 4.52 Å². The fourth-order valence-electron chi connectivity index (χ4n) is 3.34. The first-order valence-electron chi connectivity index (χ1n) is 9.35. The van der Waals surface area contributed by atoms with Gasteiger partial charge in [0.25, 0.3) is 0 Å². The molecule has 1 aliphatic heterocycles. The van der Waals surface area contributed by atoms with E-state index in [1.807, 2.05) is 42.5 Å². The van der Waals surface area contributed by atoms with Gasteiger partial charge < -0.3 is 14.0 Å². The molecule has 0 bridgehead atoms. The van der Waals surface area contributed by atoms with Crippen molar-refractivity contribution in [3.63, 3.8) is 0 Å². The summed E-state index contributed by atoms with van der Waals surface area (Å²) in [5.74, 6) is 0.543. The molecular weight excluding hydrogens is 419 g/mol. The van der Waals surface area contributed by atoms with Crippen LogP contribution < -0.4 is 14.0 Å². The monoisotopic (exact) mass is 438 g/mol. The summed E-state index contributed by atoms with van der Waals surface area (Å²) in [6.45, 7) is 0. The summed E-state index contributed by atoms with van der Waals surface area (Å²) < 4.78 is 27.2. The molecule has 31 heavy (non-hydrogen) atoms. The number of hydrogen-bond acceptors (Lipinski definition) is 5. The van der Waals surface area contributed by atoms with Gasteiger partial charge in [0.2, 0.25) is 0 Å². The van der Waals surface area contributed by atoms with E-state index in [-0.39, 0.29) is 17.1 Å². The molecule has 0 amide bonds. The van der Waals surface area contributed by atoms with Crippen molar-refractivity contribution in [3.05, 3.63) is 95.1 Å². The molecule has 4 rings (SSSR count). The van der Waals surface area contributed by atoms with Crippen LogP contribution in [-0.2, 0) is 4.57 Å². The first-order chi connectivity index (χ1) is 14.8. The molecular formula is C23H19O7P. The Bertz CT molecular complexity index is 1180. The molecule has 3 aromatic carbocycles. The lowest BCUT2D eigenvalue weighted by atomic mass is 9.89. The highest BCUT2D eigenvalue weighted by Crippen LogP contribution is 2.43. The second kappa shape index (κ2) is 8.40. The third-order valence-electron chi connectivity index (χ3n) is 4.75. The highest BCUT2D eigenvalue weighted by molar-refractivity contribution is 7.46. The van der Waals surface area contributed by atoms with E-state index < -0.39 is 13.9 Å². The second-order valence-electron chi connectivity index (χ2n) is 6.85. The van der Waals surface area contributed by atoms with Gasteiger partial charge in [-0.1, -0.05) is 42.5 Å². The first kappa shape index (κ1) is 20.9. The maximum absolute atomic E-state index is 13.4. The molecule has 0 aliphatic carbocycles. The zero-order valence-corrected chi connectivity index (χ0v) is 17.4. The summed E-state index contributed by atoms with van der Waals surface area (Å²) in [6.07, 6.45) is 1.08. The quantitative estimate of drug-likeness (QED) is 0.445. The van der Waals surface area contributed by atoms with Crippen LogP contribution in [0.2, 0.25) is 0 Å². The Balaban J connectivity index is 1.80. The number of hydrogen-bond donors (Lipinski definition) is 2. The van der Waals surface area contributed by atoms with Crippen molar-refractivity contribution in [1.29, 1.82) is 0 Å². The third-order valence-corrected chi connectivity index (χ3v) is 5.20. The Morgan fingerprint density at radius 2 is 1.65 bits per heavy atom. The minimum atomic E-state index is -4.76. The van der Waals surface area contributed by atoms with Crippen molar-refractivity contribution in [1.82, 2.24) is 0 Å². The number of Topliss-reactive ketones (excluding diaryl/α,β-unsaturated/α-hetero) is 1. The van der Waals surface area contributed by atoms with Crippen LogP contribution in [0.15, 0.2) is 78.4 Å².